The first-order valence-electron chi connectivity index (χ1n) is 7.81. The Kier molecular flexibility index (Phi) is 5.48. The Labute approximate surface area is 127 Å². The van der Waals surface area contributed by atoms with Crippen molar-refractivity contribution in [3.8, 4) is 5.75 Å². The predicted octanol–water partition coefficient (Wildman–Crippen LogP) is 3.25. The average molecular weight is 290 g/mol. The molecule has 4 nitrogen and oxygen atoms in total. The minimum Gasteiger partial charge on any atom is -0.496 e. The summed E-state index contributed by atoms with van der Waals surface area (Å²) in [6.45, 7) is 3.90. The van der Waals surface area contributed by atoms with E-state index in [9.17, 15) is 4.79 Å². The third-order valence-electron chi connectivity index (χ3n) is 4.12. The normalized spacial score (nSPS) is 17.1. The van der Waals surface area contributed by atoms with Crippen molar-refractivity contribution >= 4 is 11.6 Å². The van der Waals surface area contributed by atoms with Gasteiger partial charge in [-0.05, 0) is 50.5 Å². The van der Waals surface area contributed by atoms with Gasteiger partial charge in [-0.2, -0.15) is 0 Å². The van der Waals surface area contributed by atoms with Crippen molar-refractivity contribution in [1.29, 1.82) is 0 Å². The Balaban J connectivity index is 1.89. The highest BCUT2D eigenvalue weighted by Crippen LogP contribution is 2.22. The topological polar surface area (TPSA) is 50.4 Å². The summed E-state index contributed by atoms with van der Waals surface area (Å²) in [6, 6.07) is 5.98. The molecule has 1 aromatic rings. The zero-order valence-corrected chi connectivity index (χ0v) is 13.2. The lowest BCUT2D eigenvalue weighted by molar-refractivity contribution is -0.122. The van der Waals surface area contributed by atoms with E-state index in [4.69, 9.17) is 4.74 Å². The van der Waals surface area contributed by atoms with Crippen LogP contribution in [0.4, 0.5) is 5.69 Å². The molecule has 21 heavy (non-hydrogen) atoms. The molecule has 0 bridgehead atoms. The van der Waals surface area contributed by atoms with Crippen LogP contribution in [0.5, 0.6) is 5.75 Å². The average Bonchev–Trinajstić information content (AvgIpc) is 2.48. The summed E-state index contributed by atoms with van der Waals surface area (Å²) in [7, 11) is 1.66. The molecular formula is C17H26N2O2. The summed E-state index contributed by atoms with van der Waals surface area (Å²) in [5.41, 5.74) is 2.00. The molecule has 1 aliphatic carbocycles. The van der Waals surface area contributed by atoms with E-state index in [-0.39, 0.29) is 11.9 Å². The number of amides is 1. The van der Waals surface area contributed by atoms with Crippen LogP contribution in [0, 0.1) is 6.92 Å². The van der Waals surface area contributed by atoms with Gasteiger partial charge in [-0.1, -0.05) is 19.3 Å². The van der Waals surface area contributed by atoms with E-state index in [0.29, 0.717) is 6.04 Å². The van der Waals surface area contributed by atoms with Gasteiger partial charge in [0.2, 0.25) is 5.91 Å². The van der Waals surface area contributed by atoms with E-state index in [1.54, 1.807) is 7.11 Å². The quantitative estimate of drug-likeness (QED) is 0.875. The van der Waals surface area contributed by atoms with Gasteiger partial charge in [0.1, 0.15) is 11.8 Å². The molecule has 0 heterocycles. The van der Waals surface area contributed by atoms with Crippen molar-refractivity contribution < 1.29 is 9.53 Å². The monoisotopic (exact) mass is 290 g/mol. The first-order chi connectivity index (χ1) is 10.1. The van der Waals surface area contributed by atoms with Gasteiger partial charge in [0.05, 0.1) is 7.11 Å². The lowest BCUT2D eigenvalue weighted by atomic mass is 9.95. The Morgan fingerprint density at radius 3 is 2.62 bits per heavy atom. The van der Waals surface area contributed by atoms with Gasteiger partial charge in [0.15, 0.2) is 0 Å². The number of anilines is 1. The zero-order valence-electron chi connectivity index (χ0n) is 13.2. The van der Waals surface area contributed by atoms with E-state index in [1.807, 2.05) is 32.0 Å². The number of hydrogen-bond acceptors (Lipinski definition) is 3. The number of rotatable bonds is 5. The van der Waals surface area contributed by atoms with Crippen LogP contribution in [0.25, 0.3) is 0 Å². The number of ether oxygens (including phenoxy) is 1. The van der Waals surface area contributed by atoms with Gasteiger partial charge in [-0.15, -0.1) is 0 Å². The van der Waals surface area contributed by atoms with E-state index in [2.05, 4.69) is 10.6 Å². The molecule has 1 amide bonds. The number of benzene rings is 1. The van der Waals surface area contributed by atoms with Crippen molar-refractivity contribution in [3.05, 3.63) is 23.8 Å². The second kappa shape index (κ2) is 7.34. The molecule has 0 aromatic heterocycles. The van der Waals surface area contributed by atoms with Crippen LogP contribution in [0.15, 0.2) is 18.2 Å². The van der Waals surface area contributed by atoms with Crippen LogP contribution < -0.4 is 15.4 Å². The molecule has 1 atom stereocenters. The highest BCUT2D eigenvalue weighted by Gasteiger charge is 2.19. The zero-order chi connectivity index (χ0) is 15.2. The lowest BCUT2D eigenvalue weighted by Gasteiger charge is -2.25. The van der Waals surface area contributed by atoms with Crippen molar-refractivity contribution in [3.63, 3.8) is 0 Å². The van der Waals surface area contributed by atoms with Crippen LogP contribution in [0.3, 0.4) is 0 Å². The summed E-state index contributed by atoms with van der Waals surface area (Å²) in [5, 5.41) is 6.41. The van der Waals surface area contributed by atoms with E-state index in [0.717, 1.165) is 29.8 Å². The molecule has 1 fully saturated rings. The predicted molar refractivity (Wildman–Crippen MR) is 85.8 cm³/mol. The first kappa shape index (κ1) is 15.7. The molecule has 116 valence electrons. The number of nitrogens with one attached hydrogen (secondary N) is 2. The van der Waals surface area contributed by atoms with Crippen LogP contribution in [-0.2, 0) is 4.79 Å². The van der Waals surface area contributed by atoms with Crippen LogP contribution in [-0.4, -0.2) is 25.1 Å². The fraction of sp³-hybridized carbons (Fsp3) is 0.588. The number of carbonyl (C=O) groups is 1. The van der Waals surface area contributed by atoms with Crippen LogP contribution in [0.2, 0.25) is 0 Å². The molecule has 1 unspecified atom stereocenters. The number of aryl methyl sites for hydroxylation is 1. The second-order valence-corrected chi connectivity index (χ2v) is 5.89. The SMILES string of the molecule is COc1ccc(NC(C)C(=O)NC2CCCCC2)cc1C. The number of hydrogen-bond donors (Lipinski definition) is 2. The number of methoxy groups -OCH3 is 1. The molecule has 1 aromatic carbocycles. The molecule has 0 saturated heterocycles. The Morgan fingerprint density at radius 2 is 2.00 bits per heavy atom. The summed E-state index contributed by atoms with van der Waals surface area (Å²) in [6.07, 6.45) is 5.97. The highest BCUT2D eigenvalue weighted by atomic mass is 16.5. The fourth-order valence-electron chi connectivity index (χ4n) is 2.86. The van der Waals surface area contributed by atoms with Crippen molar-refractivity contribution in [1.82, 2.24) is 5.32 Å². The summed E-state index contributed by atoms with van der Waals surface area (Å²) >= 11 is 0. The molecular weight excluding hydrogens is 264 g/mol. The standard InChI is InChI=1S/C17H26N2O2/c1-12-11-15(9-10-16(12)21-3)18-13(2)17(20)19-14-7-5-4-6-8-14/h9-11,13-14,18H,4-8H2,1-3H3,(H,19,20). The maximum Gasteiger partial charge on any atom is 0.242 e. The van der Waals surface area contributed by atoms with Gasteiger partial charge in [0.25, 0.3) is 0 Å². The minimum absolute atomic E-state index is 0.0790. The maximum atomic E-state index is 12.2. The molecule has 0 aliphatic heterocycles. The summed E-state index contributed by atoms with van der Waals surface area (Å²) in [5.74, 6) is 0.940. The van der Waals surface area contributed by atoms with Gasteiger partial charge < -0.3 is 15.4 Å². The lowest BCUT2D eigenvalue weighted by Crippen LogP contribution is -2.44. The van der Waals surface area contributed by atoms with Crippen molar-refractivity contribution in [2.24, 2.45) is 0 Å². The third-order valence-corrected chi connectivity index (χ3v) is 4.12. The van der Waals surface area contributed by atoms with E-state index >= 15 is 0 Å². The van der Waals surface area contributed by atoms with Gasteiger partial charge >= 0.3 is 0 Å². The first-order valence-corrected chi connectivity index (χ1v) is 7.81. The van der Waals surface area contributed by atoms with Gasteiger partial charge in [0, 0.05) is 11.7 Å². The van der Waals surface area contributed by atoms with E-state index < -0.39 is 0 Å². The second-order valence-electron chi connectivity index (χ2n) is 5.89. The molecule has 1 aliphatic rings. The number of carbonyl (C=O) groups excluding carboxylic acids is 1. The van der Waals surface area contributed by atoms with Crippen molar-refractivity contribution in [2.75, 3.05) is 12.4 Å². The summed E-state index contributed by atoms with van der Waals surface area (Å²) < 4.78 is 5.25. The van der Waals surface area contributed by atoms with Crippen LogP contribution in [0.1, 0.15) is 44.6 Å². The molecule has 1 saturated carbocycles. The van der Waals surface area contributed by atoms with Crippen molar-refractivity contribution in [2.45, 2.75) is 58.0 Å². The largest absolute Gasteiger partial charge is 0.496 e. The van der Waals surface area contributed by atoms with E-state index in [1.165, 1.54) is 19.3 Å². The molecule has 2 rings (SSSR count). The summed E-state index contributed by atoms with van der Waals surface area (Å²) in [4.78, 5) is 12.2. The third kappa shape index (κ3) is 4.38. The fourth-order valence-corrected chi connectivity index (χ4v) is 2.86. The van der Waals surface area contributed by atoms with Crippen LogP contribution >= 0.6 is 0 Å². The van der Waals surface area contributed by atoms with Gasteiger partial charge in [-0.3, -0.25) is 4.79 Å². The molecule has 2 N–H and O–H groups in total. The Morgan fingerprint density at radius 1 is 1.29 bits per heavy atom. The minimum atomic E-state index is -0.236. The smallest absolute Gasteiger partial charge is 0.242 e. The Hall–Kier alpha value is -1.71. The Bertz CT molecular complexity index is 482. The highest BCUT2D eigenvalue weighted by molar-refractivity contribution is 5.84. The molecule has 0 radical (unpaired) electrons. The maximum absolute atomic E-state index is 12.2. The molecule has 0 spiro atoms. The molecule has 4 heteroatoms. The van der Waals surface area contributed by atoms with Gasteiger partial charge in [-0.25, -0.2) is 0 Å².